The zero-order chi connectivity index (χ0) is 14.5. The van der Waals surface area contributed by atoms with Crippen LogP contribution in [-0.4, -0.2) is 66.1 Å². The molecule has 2 fully saturated rings. The second-order valence-corrected chi connectivity index (χ2v) is 6.40. The van der Waals surface area contributed by atoms with Crippen LogP contribution in [0.3, 0.4) is 0 Å². The molecule has 0 radical (unpaired) electrons. The number of hydrogen-bond acceptors (Lipinski definition) is 4. The molecule has 20 heavy (non-hydrogen) atoms. The highest BCUT2D eigenvalue weighted by Crippen LogP contribution is 2.28. The van der Waals surface area contributed by atoms with Crippen LogP contribution in [-0.2, 0) is 4.74 Å². The second-order valence-electron chi connectivity index (χ2n) is 6.40. The lowest BCUT2D eigenvalue weighted by Gasteiger charge is -2.43. The molecule has 1 unspecified atom stereocenters. The zero-order valence-electron chi connectivity index (χ0n) is 13.4. The largest absolute Gasteiger partial charge is 0.393 e. The molecule has 4 heteroatoms. The van der Waals surface area contributed by atoms with Gasteiger partial charge < -0.3 is 14.7 Å². The second kappa shape index (κ2) is 7.74. The van der Waals surface area contributed by atoms with Crippen molar-refractivity contribution >= 4 is 0 Å². The third-order valence-electron chi connectivity index (χ3n) is 5.07. The molecule has 118 valence electrons. The summed E-state index contributed by atoms with van der Waals surface area (Å²) in [6.07, 6.45) is 4.75. The van der Waals surface area contributed by atoms with Crippen LogP contribution in [0.15, 0.2) is 0 Å². The third kappa shape index (κ3) is 4.17. The molecule has 1 atom stereocenters. The summed E-state index contributed by atoms with van der Waals surface area (Å²) in [7, 11) is 0. The van der Waals surface area contributed by atoms with E-state index in [0.717, 1.165) is 45.0 Å². The molecular formula is C16H32N2O2. The van der Waals surface area contributed by atoms with E-state index in [1.165, 1.54) is 19.4 Å². The van der Waals surface area contributed by atoms with Gasteiger partial charge >= 0.3 is 0 Å². The zero-order valence-corrected chi connectivity index (χ0v) is 13.4. The average molecular weight is 284 g/mol. The average Bonchev–Trinajstić information content (AvgIpc) is 2.42. The highest BCUT2D eigenvalue weighted by Gasteiger charge is 2.33. The number of nitrogens with zero attached hydrogens (tertiary/aromatic N) is 2. The smallest absolute Gasteiger partial charge is 0.107 e. The van der Waals surface area contributed by atoms with Gasteiger partial charge in [0.2, 0.25) is 0 Å². The number of rotatable bonds is 7. The summed E-state index contributed by atoms with van der Waals surface area (Å²) in [4.78, 5) is 5.04. The van der Waals surface area contributed by atoms with Crippen LogP contribution in [0, 0.1) is 5.92 Å². The predicted molar refractivity (Wildman–Crippen MR) is 81.7 cm³/mol. The molecule has 0 aromatic carbocycles. The topological polar surface area (TPSA) is 35.9 Å². The lowest BCUT2D eigenvalue weighted by Crippen LogP contribution is -2.50. The van der Waals surface area contributed by atoms with Crippen molar-refractivity contribution in [2.75, 3.05) is 32.8 Å². The molecule has 1 N–H and O–H groups in total. The number of likely N-dealkylation sites (tertiary alicyclic amines) is 1. The fourth-order valence-corrected chi connectivity index (χ4v) is 3.57. The maximum absolute atomic E-state index is 9.47. The highest BCUT2D eigenvalue weighted by molar-refractivity contribution is 4.88. The van der Waals surface area contributed by atoms with Gasteiger partial charge in [-0.05, 0) is 52.0 Å². The van der Waals surface area contributed by atoms with Crippen LogP contribution in [0.5, 0.6) is 0 Å². The number of hydrogen-bond donors (Lipinski definition) is 1. The quantitative estimate of drug-likeness (QED) is 0.775. The molecule has 0 aromatic heterocycles. The van der Waals surface area contributed by atoms with E-state index in [-0.39, 0.29) is 12.3 Å². The molecule has 1 saturated carbocycles. The fraction of sp³-hybridized carbons (Fsp3) is 1.00. The summed E-state index contributed by atoms with van der Waals surface area (Å²) in [6, 6.07) is 0.635. The Balaban J connectivity index is 1.70. The van der Waals surface area contributed by atoms with Gasteiger partial charge in [0.05, 0.1) is 6.10 Å². The molecule has 1 saturated heterocycles. The lowest BCUT2D eigenvalue weighted by atomic mass is 9.86. The van der Waals surface area contributed by atoms with Gasteiger partial charge in [-0.2, -0.15) is 0 Å². The van der Waals surface area contributed by atoms with Crippen molar-refractivity contribution in [3.8, 4) is 0 Å². The summed E-state index contributed by atoms with van der Waals surface area (Å²) in [5.74, 6) is 0.817. The van der Waals surface area contributed by atoms with E-state index in [1.54, 1.807) is 0 Å². The first-order chi connectivity index (χ1) is 9.63. The van der Waals surface area contributed by atoms with E-state index in [9.17, 15) is 5.11 Å². The summed E-state index contributed by atoms with van der Waals surface area (Å²) >= 11 is 0. The van der Waals surface area contributed by atoms with Crippen LogP contribution in [0.1, 0.15) is 46.5 Å². The molecule has 1 aliphatic heterocycles. The van der Waals surface area contributed by atoms with Gasteiger partial charge in [0.25, 0.3) is 0 Å². The standard InChI is InChI=1S/C16H32N2O2/c1-4-17(15-10-16(19)11-15)12-14-6-8-18(9-7-14)13(3)20-5-2/h13-16,19H,4-12H2,1-3H3. The maximum Gasteiger partial charge on any atom is 0.107 e. The van der Waals surface area contributed by atoms with Gasteiger partial charge in [0.15, 0.2) is 0 Å². The van der Waals surface area contributed by atoms with Crippen molar-refractivity contribution in [2.45, 2.75) is 64.8 Å². The molecule has 2 aliphatic rings. The number of aliphatic hydroxyl groups excluding tert-OH is 1. The van der Waals surface area contributed by atoms with Crippen LogP contribution in [0.2, 0.25) is 0 Å². The predicted octanol–water partition coefficient (Wildman–Crippen LogP) is 1.93. The van der Waals surface area contributed by atoms with Crippen molar-refractivity contribution < 1.29 is 9.84 Å². The normalized spacial score (nSPS) is 30.4. The SMILES string of the molecule is CCOC(C)N1CCC(CN(CC)C2CC(O)C2)CC1. The Morgan fingerprint density at radius 1 is 1.25 bits per heavy atom. The maximum atomic E-state index is 9.47. The van der Waals surface area contributed by atoms with Crippen molar-refractivity contribution in [3.63, 3.8) is 0 Å². The Kier molecular flexibility index (Phi) is 6.27. The minimum Gasteiger partial charge on any atom is -0.393 e. The van der Waals surface area contributed by atoms with E-state index in [1.807, 2.05) is 0 Å². The first-order valence-electron chi connectivity index (χ1n) is 8.41. The Labute approximate surface area is 124 Å². The molecule has 0 spiro atoms. The number of aliphatic hydroxyl groups is 1. The minimum absolute atomic E-state index is 0.0389. The first-order valence-corrected chi connectivity index (χ1v) is 8.41. The van der Waals surface area contributed by atoms with E-state index in [4.69, 9.17) is 4.74 Å². The van der Waals surface area contributed by atoms with Gasteiger partial charge in [0.1, 0.15) is 6.23 Å². The Morgan fingerprint density at radius 3 is 2.40 bits per heavy atom. The van der Waals surface area contributed by atoms with E-state index in [2.05, 4.69) is 30.6 Å². The summed E-state index contributed by atoms with van der Waals surface area (Å²) < 4.78 is 5.68. The fourth-order valence-electron chi connectivity index (χ4n) is 3.57. The number of piperidine rings is 1. The Bertz CT molecular complexity index is 274. The van der Waals surface area contributed by atoms with Gasteiger partial charge in [-0.25, -0.2) is 0 Å². The lowest BCUT2D eigenvalue weighted by molar-refractivity contribution is -0.0605. The van der Waals surface area contributed by atoms with Gasteiger partial charge in [-0.15, -0.1) is 0 Å². The molecule has 0 bridgehead atoms. The highest BCUT2D eigenvalue weighted by atomic mass is 16.5. The number of ether oxygens (including phenoxy) is 1. The molecule has 2 rings (SSSR count). The van der Waals surface area contributed by atoms with Crippen molar-refractivity contribution in [3.05, 3.63) is 0 Å². The van der Waals surface area contributed by atoms with Crippen LogP contribution >= 0.6 is 0 Å². The third-order valence-corrected chi connectivity index (χ3v) is 5.07. The molecule has 0 aromatic rings. The molecular weight excluding hydrogens is 252 g/mol. The van der Waals surface area contributed by atoms with Gasteiger partial charge in [0, 0.05) is 32.3 Å². The Morgan fingerprint density at radius 2 is 1.90 bits per heavy atom. The van der Waals surface area contributed by atoms with Crippen molar-refractivity contribution in [1.29, 1.82) is 0 Å². The molecule has 4 nitrogen and oxygen atoms in total. The van der Waals surface area contributed by atoms with E-state index in [0.29, 0.717) is 6.04 Å². The van der Waals surface area contributed by atoms with Crippen molar-refractivity contribution in [2.24, 2.45) is 5.92 Å². The summed E-state index contributed by atoms with van der Waals surface area (Å²) in [6.45, 7) is 11.9. The van der Waals surface area contributed by atoms with E-state index < -0.39 is 0 Å². The van der Waals surface area contributed by atoms with Gasteiger partial charge in [-0.3, -0.25) is 4.90 Å². The monoisotopic (exact) mass is 284 g/mol. The van der Waals surface area contributed by atoms with Crippen LogP contribution < -0.4 is 0 Å². The van der Waals surface area contributed by atoms with Crippen LogP contribution in [0.4, 0.5) is 0 Å². The Hall–Kier alpha value is -0.160. The first kappa shape index (κ1) is 16.2. The molecule has 1 heterocycles. The summed E-state index contributed by atoms with van der Waals surface area (Å²) in [5, 5.41) is 9.47. The van der Waals surface area contributed by atoms with Crippen LogP contribution in [0.25, 0.3) is 0 Å². The van der Waals surface area contributed by atoms with Crippen molar-refractivity contribution in [1.82, 2.24) is 9.80 Å². The van der Waals surface area contributed by atoms with Gasteiger partial charge in [-0.1, -0.05) is 6.92 Å². The van der Waals surface area contributed by atoms with E-state index >= 15 is 0 Å². The molecule has 1 aliphatic carbocycles. The molecule has 0 amide bonds. The minimum atomic E-state index is -0.0389. The summed E-state index contributed by atoms with van der Waals surface area (Å²) in [5.41, 5.74) is 0.